The predicted octanol–water partition coefficient (Wildman–Crippen LogP) is 3.11. The molecule has 0 radical (unpaired) electrons. The van der Waals surface area contributed by atoms with Gasteiger partial charge in [0, 0.05) is 38.3 Å². The molecule has 0 unspecified atom stereocenters. The van der Waals surface area contributed by atoms with E-state index in [1.54, 1.807) is 12.1 Å². The molecule has 0 aromatic heterocycles. The third kappa shape index (κ3) is 5.13. The maximum atomic E-state index is 13.2. The second-order valence-corrected chi connectivity index (χ2v) is 6.68. The van der Waals surface area contributed by atoms with E-state index in [1.807, 2.05) is 30.0 Å². The number of hydrogen-bond acceptors (Lipinski definition) is 3. The van der Waals surface area contributed by atoms with Gasteiger partial charge in [-0.3, -0.25) is 9.69 Å². The van der Waals surface area contributed by atoms with Gasteiger partial charge in [0.05, 0.1) is 13.2 Å². The number of ether oxygens (including phenoxy) is 1. The van der Waals surface area contributed by atoms with Gasteiger partial charge in [0.15, 0.2) is 0 Å². The van der Waals surface area contributed by atoms with E-state index in [9.17, 15) is 9.18 Å². The lowest BCUT2D eigenvalue weighted by molar-refractivity contribution is 0.0320. The molecule has 1 aliphatic heterocycles. The van der Waals surface area contributed by atoms with Crippen LogP contribution in [0.25, 0.3) is 0 Å². The first-order chi connectivity index (χ1) is 12.6. The average Bonchev–Trinajstić information content (AvgIpc) is 2.66. The lowest BCUT2D eigenvalue weighted by Gasteiger charge is -2.30. The first-order valence-corrected chi connectivity index (χ1v) is 9.02. The lowest BCUT2D eigenvalue weighted by atomic mass is 10.1. The number of morpholine rings is 1. The molecule has 1 amide bonds. The third-order valence-corrected chi connectivity index (χ3v) is 4.62. The molecule has 1 fully saturated rings. The standard InChI is InChI=1S/C21H25FN2O2/c1-17-3-2-4-18(15-17)16-24(10-9-23-11-13-26-14-12-23)21(25)19-5-7-20(22)8-6-19/h2-8,15H,9-14,16H2,1H3. The van der Waals surface area contributed by atoms with Crippen molar-refractivity contribution in [2.45, 2.75) is 13.5 Å². The fourth-order valence-corrected chi connectivity index (χ4v) is 3.15. The first-order valence-electron chi connectivity index (χ1n) is 9.02. The Labute approximate surface area is 154 Å². The Morgan fingerprint density at radius 2 is 1.88 bits per heavy atom. The van der Waals surface area contributed by atoms with Gasteiger partial charge < -0.3 is 9.64 Å². The van der Waals surface area contributed by atoms with Gasteiger partial charge in [0.1, 0.15) is 5.82 Å². The van der Waals surface area contributed by atoms with Gasteiger partial charge in [-0.15, -0.1) is 0 Å². The molecule has 1 heterocycles. The number of rotatable bonds is 6. The number of aryl methyl sites for hydroxylation is 1. The average molecular weight is 356 g/mol. The summed E-state index contributed by atoms with van der Waals surface area (Å²) in [5.74, 6) is -0.403. The van der Waals surface area contributed by atoms with Crippen molar-refractivity contribution >= 4 is 5.91 Å². The Hall–Kier alpha value is -2.24. The molecule has 4 nitrogen and oxygen atoms in total. The SMILES string of the molecule is Cc1cccc(CN(CCN2CCOCC2)C(=O)c2ccc(F)cc2)c1. The molecule has 0 bridgehead atoms. The highest BCUT2D eigenvalue weighted by molar-refractivity contribution is 5.94. The molecule has 0 N–H and O–H groups in total. The highest BCUT2D eigenvalue weighted by Crippen LogP contribution is 2.13. The summed E-state index contributed by atoms with van der Waals surface area (Å²) in [4.78, 5) is 17.1. The molecule has 0 atom stereocenters. The molecule has 3 rings (SSSR count). The van der Waals surface area contributed by atoms with Crippen LogP contribution in [-0.2, 0) is 11.3 Å². The van der Waals surface area contributed by atoms with Crippen LogP contribution < -0.4 is 0 Å². The largest absolute Gasteiger partial charge is 0.379 e. The van der Waals surface area contributed by atoms with E-state index >= 15 is 0 Å². The van der Waals surface area contributed by atoms with Crippen molar-refractivity contribution in [3.63, 3.8) is 0 Å². The van der Waals surface area contributed by atoms with Crippen molar-refractivity contribution in [3.05, 3.63) is 71.0 Å². The Balaban J connectivity index is 1.73. The number of nitrogens with zero attached hydrogens (tertiary/aromatic N) is 2. The van der Waals surface area contributed by atoms with Crippen molar-refractivity contribution in [2.75, 3.05) is 39.4 Å². The van der Waals surface area contributed by atoms with Crippen LogP contribution in [0.5, 0.6) is 0 Å². The second-order valence-electron chi connectivity index (χ2n) is 6.68. The molecule has 26 heavy (non-hydrogen) atoms. The molecule has 1 saturated heterocycles. The van der Waals surface area contributed by atoms with Crippen molar-refractivity contribution < 1.29 is 13.9 Å². The summed E-state index contributed by atoms with van der Waals surface area (Å²) in [6, 6.07) is 14.0. The number of carbonyl (C=O) groups excluding carboxylic acids is 1. The van der Waals surface area contributed by atoms with Crippen molar-refractivity contribution in [3.8, 4) is 0 Å². The third-order valence-electron chi connectivity index (χ3n) is 4.62. The second kappa shape index (κ2) is 8.92. The van der Waals surface area contributed by atoms with E-state index in [0.717, 1.165) is 38.4 Å². The number of hydrogen-bond donors (Lipinski definition) is 0. The Morgan fingerprint density at radius 3 is 2.58 bits per heavy atom. The minimum Gasteiger partial charge on any atom is -0.379 e. The van der Waals surface area contributed by atoms with E-state index in [2.05, 4.69) is 11.0 Å². The fraction of sp³-hybridized carbons (Fsp3) is 0.381. The van der Waals surface area contributed by atoms with Gasteiger partial charge >= 0.3 is 0 Å². The molecule has 5 heteroatoms. The molecule has 0 saturated carbocycles. The van der Waals surface area contributed by atoms with E-state index < -0.39 is 0 Å². The van der Waals surface area contributed by atoms with Crippen LogP contribution in [0.3, 0.4) is 0 Å². The van der Waals surface area contributed by atoms with Gasteiger partial charge in [-0.1, -0.05) is 29.8 Å². The van der Waals surface area contributed by atoms with Gasteiger partial charge in [0.25, 0.3) is 5.91 Å². The summed E-state index contributed by atoms with van der Waals surface area (Å²) < 4.78 is 18.6. The smallest absolute Gasteiger partial charge is 0.254 e. The fourth-order valence-electron chi connectivity index (χ4n) is 3.15. The highest BCUT2D eigenvalue weighted by Gasteiger charge is 2.18. The van der Waals surface area contributed by atoms with E-state index in [0.29, 0.717) is 18.7 Å². The number of amides is 1. The minimum absolute atomic E-state index is 0.0697. The van der Waals surface area contributed by atoms with Crippen molar-refractivity contribution in [1.82, 2.24) is 9.80 Å². The maximum Gasteiger partial charge on any atom is 0.254 e. The first kappa shape index (κ1) is 18.5. The monoisotopic (exact) mass is 356 g/mol. The zero-order valence-corrected chi connectivity index (χ0v) is 15.2. The van der Waals surface area contributed by atoms with Crippen molar-refractivity contribution in [1.29, 1.82) is 0 Å². The van der Waals surface area contributed by atoms with Gasteiger partial charge in [-0.05, 0) is 36.8 Å². The normalized spacial score (nSPS) is 15.0. The van der Waals surface area contributed by atoms with Crippen LogP contribution in [0.4, 0.5) is 4.39 Å². The summed E-state index contributed by atoms with van der Waals surface area (Å²) >= 11 is 0. The number of halogens is 1. The van der Waals surface area contributed by atoms with E-state index in [1.165, 1.54) is 17.7 Å². The van der Waals surface area contributed by atoms with Gasteiger partial charge in [-0.25, -0.2) is 4.39 Å². The van der Waals surface area contributed by atoms with E-state index in [-0.39, 0.29) is 11.7 Å². The zero-order chi connectivity index (χ0) is 18.4. The van der Waals surface area contributed by atoms with E-state index in [4.69, 9.17) is 4.74 Å². The summed E-state index contributed by atoms with van der Waals surface area (Å²) in [5, 5.41) is 0. The lowest BCUT2D eigenvalue weighted by Crippen LogP contribution is -2.42. The van der Waals surface area contributed by atoms with Crippen LogP contribution in [0.15, 0.2) is 48.5 Å². The topological polar surface area (TPSA) is 32.8 Å². The van der Waals surface area contributed by atoms with Crippen LogP contribution in [0, 0.1) is 12.7 Å². The van der Waals surface area contributed by atoms with Crippen molar-refractivity contribution in [2.24, 2.45) is 0 Å². The molecule has 2 aromatic carbocycles. The summed E-state index contributed by atoms with van der Waals surface area (Å²) in [6.45, 7) is 7.29. The Bertz CT molecular complexity index is 727. The van der Waals surface area contributed by atoms with Crippen LogP contribution >= 0.6 is 0 Å². The molecule has 138 valence electrons. The van der Waals surface area contributed by atoms with Gasteiger partial charge in [-0.2, -0.15) is 0 Å². The molecule has 0 spiro atoms. The molecule has 0 aliphatic carbocycles. The minimum atomic E-state index is -0.333. The zero-order valence-electron chi connectivity index (χ0n) is 15.2. The number of benzene rings is 2. The quantitative estimate of drug-likeness (QED) is 0.797. The maximum absolute atomic E-state index is 13.2. The molecule has 1 aliphatic rings. The Kier molecular flexibility index (Phi) is 6.36. The number of carbonyl (C=O) groups is 1. The molecule has 2 aromatic rings. The Morgan fingerprint density at radius 1 is 1.15 bits per heavy atom. The van der Waals surface area contributed by atoms with Gasteiger partial charge in [0.2, 0.25) is 0 Å². The van der Waals surface area contributed by atoms with Crippen LogP contribution in [-0.4, -0.2) is 55.1 Å². The molecular formula is C21H25FN2O2. The molecular weight excluding hydrogens is 331 g/mol. The van der Waals surface area contributed by atoms with Crippen LogP contribution in [0.1, 0.15) is 21.5 Å². The predicted molar refractivity (Wildman–Crippen MR) is 99.6 cm³/mol. The summed E-state index contributed by atoms with van der Waals surface area (Å²) in [5.41, 5.74) is 2.79. The van der Waals surface area contributed by atoms with Crippen LogP contribution in [0.2, 0.25) is 0 Å². The highest BCUT2D eigenvalue weighted by atomic mass is 19.1. The summed E-state index contributed by atoms with van der Waals surface area (Å²) in [6.07, 6.45) is 0. The summed E-state index contributed by atoms with van der Waals surface area (Å²) in [7, 11) is 0.